The van der Waals surface area contributed by atoms with Gasteiger partial charge in [-0.15, -0.1) is 0 Å². The summed E-state index contributed by atoms with van der Waals surface area (Å²) < 4.78 is 5.09. The number of carbonyl (C=O) groups excluding carboxylic acids is 3. The van der Waals surface area contributed by atoms with Gasteiger partial charge in [0, 0.05) is 0 Å². The smallest absolute Gasteiger partial charge is 0.325 e. The number of rotatable bonds is 9. The maximum Gasteiger partial charge on any atom is 0.325 e. The molecule has 3 atom stereocenters. The molecule has 1 aliphatic heterocycles. The fourth-order valence-electron chi connectivity index (χ4n) is 2.88. The Morgan fingerprint density at radius 2 is 2.00 bits per heavy atom. The molecule has 8 heteroatoms. The van der Waals surface area contributed by atoms with Gasteiger partial charge in [0.15, 0.2) is 0 Å². The van der Waals surface area contributed by atoms with E-state index in [9.17, 15) is 19.5 Å². The zero-order chi connectivity index (χ0) is 20.0. The molecule has 148 valence electrons. The molecule has 4 amide bonds. The second kappa shape index (κ2) is 9.36. The van der Waals surface area contributed by atoms with Crippen molar-refractivity contribution in [3.05, 3.63) is 29.8 Å². The van der Waals surface area contributed by atoms with Gasteiger partial charge in [-0.2, -0.15) is 0 Å². The van der Waals surface area contributed by atoms with Crippen molar-refractivity contribution in [3.63, 3.8) is 0 Å². The van der Waals surface area contributed by atoms with Gasteiger partial charge in [0.05, 0.1) is 32.7 Å². The number of nitrogens with one attached hydrogen (secondary N) is 2. The first-order valence-corrected chi connectivity index (χ1v) is 9.04. The lowest BCUT2D eigenvalue weighted by Gasteiger charge is -2.22. The third-order valence-electron chi connectivity index (χ3n) is 4.87. The second-order valence-electron chi connectivity index (χ2n) is 6.72. The average molecular weight is 377 g/mol. The number of nitrogens with zero attached hydrogens (tertiary/aromatic N) is 1. The molecule has 0 radical (unpaired) electrons. The lowest BCUT2D eigenvalue weighted by molar-refractivity contribution is -0.131. The van der Waals surface area contributed by atoms with Crippen molar-refractivity contribution in [2.45, 2.75) is 45.3 Å². The maximum absolute atomic E-state index is 12.5. The minimum Gasteiger partial charge on any atom is -0.497 e. The second-order valence-corrected chi connectivity index (χ2v) is 6.72. The molecular weight excluding hydrogens is 350 g/mol. The Hall–Kier alpha value is -2.61. The van der Waals surface area contributed by atoms with Gasteiger partial charge >= 0.3 is 6.03 Å². The highest BCUT2D eigenvalue weighted by Gasteiger charge is 2.39. The van der Waals surface area contributed by atoms with Crippen molar-refractivity contribution in [1.29, 1.82) is 0 Å². The quantitative estimate of drug-likeness (QED) is 0.557. The third kappa shape index (κ3) is 5.19. The van der Waals surface area contributed by atoms with Crippen LogP contribution in [0.25, 0.3) is 0 Å². The van der Waals surface area contributed by atoms with E-state index >= 15 is 0 Å². The van der Waals surface area contributed by atoms with Crippen LogP contribution in [0.3, 0.4) is 0 Å². The number of methoxy groups -OCH3 is 1. The first-order valence-electron chi connectivity index (χ1n) is 9.04. The molecule has 0 aliphatic carbocycles. The molecule has 1 aliphatic rings. The van der Waals surface area contributed by atoms with Gasteiger partial charge in [-0.1, -0.05) is 32.4 Å². The fourth-order valence-corrected chi connectivity index (χ4v) is 2.88. The number of hydrogen-bond acceptors (Lipinski definition) is 5. The summed E-state index contributed by atoms with van der Waals surface area (Å²) in [7, 11) is 1.56. The molecule has 0 aromatic heterocycles. The molecular formula is C19H27N3O5. The van der Waals surface area contributed by atoms with E-state index in [1.165, 1.54) is 0 Å². The Morgan fingerprint density at radius 1 is 1.33 bits per heavy atom. The first-order chi connectivity index (χ1) is 12.9. The minimum atomic E-state index is -0.896. The number of hydrogen-bond donors (Lipinski definition) is 3. The third-order valence-corrected chi connectivity index (χ3v) is 4.87. The zero-order valence-electron chi connectivity index (χ0n) is 15.9. The molecule has 1 aromatic carbocycles. The fraction of sp³-hybridized carbons (Fsp3) is 0.526. The lowest BCUT2D eigenvalue weighted by atomic mass is 9.99. The monoisotopic (exact) mass is 377 g/mol. The van der Waals surface area contributed by atoms with Gasteiger partial charge in [0.1, 0.15) is 11.8 Å². The number of aliphatic hydroxyl groups excluding tert-OH is 1. The van der Waals surface area contributed by atoms with Crippen LogP contribution in [0.4, 0.5) is 4.79 Å². The molecule has 0 saturated carbocycles. The Balaban J connectivity index is 1.95. The molecule has 27 heavy (non-hydrogen) atoms. The standard InChI is InChI=1S/C19H27N3O5/c1-4-12(2)16(11-23)20-17(24)9-15-18(25)22(19(26)21-15)10-13-5-7-14(27-3)8-6-13/h5-8,12,15-16,23H,4,9-11H2,1-3H3,(H,20,24)(H,21,26). The number of benzene rings is 1. The Bertz CT molecular complexity index is 676. The van der Waals surface area contributed by atoms with Gasteiger partial charge in [-0.3, -0.25) is 14.5 Å². The average Bonchev–Trinajstić information content (AvgIpc) is 2.93. The van der Waals surface area contributed by atoms with Gasteiger partial charge < -0.3 is 20.5 Å². The largest absolute Gasteiger partial charge is 0.497 e. The highest BCUT2D eigenvalue weighted by molar-refractivity contribution is 6.05. The topological polar surface area (TPSA) is 108 Å². The van der Waals surface area contributed by atoms with E-state index < -0.39 is 18.0 Å². The van der Waals surface area contributed by atoms with E-state index in [1.54, 1.807) is 31.4 Å². The van der Waals surface area contributed by atoms with Crippen LogP contribution in [0.1, 0.15) is 32.3 Å². The van der Waals surface area contributed by atoms with Crippen molar-refractivity contribution >= 4 is 17.8 Å². The van der Waals surface area contributed by atoms with E-state index in [0.717, 1.165) is 16.9 Å². The number of amides is 4. The first kappa shape index (κ1) is 20.7. The van der Waals surface area contributed by atoms with Crippen molar-refractivity contribution in [3.8, 4) is 5.75 Å². The maximum atomic E-state index is 12.5. The van der Waals surface area contributed by atoms with Crippen molar-refractivity contribution in [2.75, 3.05) is 13.7 Å². The SMILES string of the molecule is CCC(C)C(CO)NC(=O)CC1NC(=O)N(Cc2ccc(OC)cc2)C1=O. The van der Waals surface area contributed by atoms with Crippen LogP contribution >= 0.6 is 0 Å². The molecule has 0 spiro atoms. The molecule has 2 rings (SSSR count). The highest BCUT2D eigenvalue weighted by atomic mass is 16.5. The minimum absolute atomic E-state index is 0.111. The summed E-state index contributed by atoms with van der Waals surface area (Å²) in [5, 5.41) is 14.7. The Labute approximate surface area is 158 Å². The molecule has 0 bridgehead atoms. The summed E-state index contributed by atoms with van der Waals surface area (Å²) in [6.07, 6.45) is 0.650. The summed E-state index contributed by atoms with van der Waals surface area (Å²) >= 11 is 0. The Morgan fingerprint density at radius 3 is 2.56 bits per heavy atom. The van der Waals surface area contributed by atoms with Crippen LogP contribution in [0, 0.1) is 5.92 Å². The van der Waals surface area contributed by atoms with Crippen LogP contribution in [0.15, 0.2) is 24.3 Å². The van der Waals surface area contributed by atoms with Crippen LogP contribution in [0.2, 0.25) is 0 Å². The van der Waals surface area contributed by atoms with Gasteiger partial charge in [-0.25, -0.2) is 4.79 Å². The van der Waals surface area contributed by atoms with Crippen molar-refractivity contribution in [2.24, 2.45) is 5.92 Å². The Kier molecular flexibility index (Phi) is 7.18. The van der Waals surface area contributed by atoms with Gasteiger partial charge in [0.25, 0.3) is 5.91 Å². The highest BCUT2D eigenvalue weighted by Crippen LogP contribution is 2.17. The summed E-state index contributed by atoms with van der Waals surface area (Å²) in [6.45, 7) is 3.85. The normalized spacial score (nSPS) is 18.8. The number of carbonyl (C=O) groups is 3. The summed E-state index contributed by atoms with van der Waals surface area (Å²) in [5.74, 6) is -0.0148. The zero-order valence-corrected chi connectivity index (χ0v) is 15.9. The summed E-state index contributed by atoms with van der Waals surface area (Å²) in [5.41, 5.74) is 0.779. The van der Waals surface area contributed by atoms with Crippen LogP contribution in [-0.2, 0) is 16.1 Å². The molecule has 1 heterocycles. The molecule has 8 nitrogen and oxygen atoms in total. The lowest BCUT2D eigenvalue weighted by Crippen LogP contribution is -2.44. The summed E-state index contributed by atoms with van der Waals surface area (Å²) in [6, 6.07) is 5.27. The van der Waals surface area contributed by atoms with Crippen molar-refractivity contribution < 1.29 is 24.2 Å². The van der Waals surface area contributed by atoms with Crippen LogP contribution < -0.4 is 15.4 Å². The molecule has 3 unspecified atom stereocenters. The number of ether oxygens (including phenoxy) is 1. The summed E-state index contributed by atoms with van der Waals surface area (Å²) in [4.78, 5) is 38.0. The molecule has 1 saturated heterocycles. The van der Waals surface area contributed by atoms with Crippen molar-refractivity contribution in [1.82, 2.24) is 15.5 Å². The van der Waals surface area contributed by atoms with Crippen LogP contribution in [0.5, 0.6) is 5.75 Å². The predicted octanol–water partition coefficient (Wildman–Crippen LogP) is 1.03. The molecule has 3 N–H and O–H groups in total. The predicted molar refractivity (Wildman–Crippen MR) is 99.0 cm³/mol. The van der Waals surface area contributed by atoms with E-state index in [4.69, 9.17) is 4.74 Å². The molecule has 1 aromatic rings. The van der Waals surface area contributed by atoms with E-state index in [2.05, 4.69) is 10.6 Å². The van der Waals surface area contributed by atoms with Gasteiger partial charge in [0.2, 0.25) is 5.91 Å². The molecule has 1 fully saturated rings. The van der Waals surface area contributed by atoms with E-state index in [0.29, 0.717) is 5.75 Å². The van der Waals surface area contributed by atoms with E-state index in [1.807, 2.05) is 13.8 Å². The number of imide groups is 1. The van der Waals surface area contributed by atoms with Gasteiger partial charge in [-0.05, 0) is 23.6 Å². The number of aliphatic hydroxyl groups is 1. The van der Waals surface area contributed by atoms with Crippen LogP contribution in [-0.4, -0.2) is 53.7 Å². The van der Waals surface area contributed by atoms with E-state index in [-0.39, 0.29) is 37.4 Å². The number of urea groups is 1.